The molecule has 1 heterocycles. The van der Waals surface area contributed by atoms with Crippen LogP contribution in [0.1, 0.15) is 5.82 Å². The average molecular weight is 250 g/mol. The lowest BCUT2D eigenvalue weighted by Gasteiger charge is -2.06. The maximum absolute atomic E-state index is 6.21. The van der Waals surface area contributed by atoms with Crippen LogP contribution < -0.4 is 5.32 Å². The Kier molecular flexibility index (Phi) is 3.82. The highest BCUT2D eigenvalue weighted by molar-refractivity contribution is 6.32. The third kappa shape index (κ3) is 2.51. The highest BCUT2D eigenvalue weighted by atomic mass is 35.5. The first-order valence-electron chi connectivity index (χ1n) is 5.65. The number of nitrogens with zero attached hydrogens (tertiary/aromatic N) is 2. The summed E-state index contributed by atoms with van der Waals surface area (Å²) in [5.41, 5.74) is 2.08. The molecule has 0 spiro atoms. The van der Waals surface area contributed by atoms with Gasteiger partial charge in [-0.1, -0.05) is 41.9 Å². The van der Waals surface area contributed by atoms with E-state index < -0.39 is 0 Å². The van der Waals surface area contributed by atoms with E-state index in [1.165, 1.54) is 0 Å². The normalized spacial score (nSPS) is 10.8. The zero-order chi connectivity index (χ0) is 12.3. The van der Waals surface area contributed by atoms with E-state index in [4.69, 9.17) is 11.6 Å². The molecule has 0 aliphatic heterocycles. The van der Waals surface area contributed by atoms with Gasteiger partial charge in [0, 0.05) is 25.6 Å². The fourth-order valence-electron chi connectivity index (χ4n) is 1.88. The number of hydrogen-bond acceptors (Lipinski definition) is 2. The van der Waals surface area contributed by atoms with Crippen molar-refractivity contribution in [2.75, 3.05) is 13.6 Å². The van der Waals surface area contributed by atoms with Gasteiger partial charge in [-0.3, -0.25) is 0 Å². The van der Waals surface area contributed by atoms with E-state index in [1.807, 2.05) is 44.4 Å². The molecule has 4 heteroatoms. The number of benzene rings is 1. The minimum Gasteiger partial charge on any atom is -0.330 e. The van der Waals surface area contributed by atoms with E-state index in [9.17, 15) is 0 Å². The summed E-state index contributed by atoms with van der Waals surface area (Å²) in [6, 6.07) is 10.1. The lowest BCUT2D eigenvalue weighted by molar-refractivity contribution is 0.720. The highest BCUT2D eigenvalue weighted by Crippen LogP contribution is 2.27. The van der Waals surface area contributed by atoms with Gasteiger partial charge in [0.25, 0.3) is 0 Å². The smallest absolute Gasteiger partial charge is 0.155 e. The van der Waals surface area contributed by atoms with E-state index in [-0.39, 0.29) is 0 Å². The maximum Gasteiger partial charge on any atom is 0.155 e. The van der Waals surface area contributed by atoms with E-state index in [0.717, 1.165) is 30.0 Å². The SMILES string of the molecule is CNCCc1nc(Cl)c(-c2ccccc2)n1C. The lowest BCUT2D eigenvalue weighted by Crippen LogP contribution is -2.13. The van der Waals surface area contributed by atoms with Crippen molar-refractivity contribution in [1.29, 1.82) is 0 Å². The summed E-state index contributed by atoms with van der Waals surface area (Å²) in [5, 5.41) is 3.69. The summed E-state index contributed by atoms with van der Waals surface area (Å²) < 4.78 is 2.06. The number of aromatic nitrogens is 2. The predicted octanol–water partition coefficient (Wildman–Crippen LogP) is 2.50. The van der Waals surface area contributed by atoms with Crippen LogP contribution in [0.2, 0.25) is 5.15 Å². The molecule has 0 saturated heterocycles. The van der Waals surface area contributed by atoms with Crippen LogP contribution in [0.4, 0.5) is 0 Å². The second kappa shape index (κ2) is 5.34. The molecule has 1 N–H and O–H groups in total. The van der Waals surface area contributed by atoms with Crippen LogP contribution >= 0.6 is 11.6 Å². The Hall–Kier alpha value is -1.32. The molecular formula is C13H16ClN3. The Morgan fingerprint density at radius 2 is 2.00 bits per heavy atom. The molecule has 3 nitrogen and oxygen atoms in total. The van der Waals surface area contributed by atoms with Crippen molar-refractivity contribution in [3.05, 3.63) is 41.3 Å². The van der Waals surface area contributed by atoms with E-state index >= 15 is 0 Å². The van der Waals surface area contributed by atoms with E-state index in [1.54, 1.807) is 0 Å². The summed E-state index contributed by atoms with van der Waals surface area (Å²) >= 11 is 6.21. The third-order valence-corrected chi connectivity index (χ3v) is 3.05. The lowest BCUT2D eigenvalue weighted by atomic mass is 10.2. The van der Waals surface area contributed by atoms with Crippen molar-refractivity contribution < 1.29 is 0 Å². The first-order valence-corrected chi connectivity index (χ1v) is 6.03. The highest BCUT2D eigenvalue weighted by Gasteiger charge is 2.13. The van der Waals surface area contributed by atoms with Crippen molar-refractivity contribution >= 4 is 11.6 Å². The summed E-state index contributed by atoms with van der Waals surface area (Å²) in [6.07, 6.45) is 0.875. The van der Waals surface area contributed by atoms with Gasteiger partial charge in [-0.05, 0) is 7.05 Å². The Morgan fingerprint density at radius 1 is 1.29 bits per heavy atom. The fraction of sp³-hybridized carbons (Fsp3) is 0.308. The second-order valence-corrected chi connectivity index (χ2v) is 4.30. The van der Waals surface area contributed by atoms with Gasteiger partial charge in [-0.15, -0.1) is 0 Å². The zero-order valence-corrected chi connectivity index (χ0v) is 10.8. The van der Waals surface area contributed by atoms with Gasteiger partial charge in [0.15, 0.2) is 5.15 Å². The van der Waals surface area contributed by atoms with Crippen molar-refractivity contribution in [3.63, 3.8) is 0 Å². The first kappa shape index (κ1) is 12.1. The van der Waals surface area contributed by atoms with Gasteiger partial charge >= 0.3 is 0 Å². The number of likely N-dealkylation sites (N-methyl/N-ethyl adjacent to an activating group) is 1. The van der Waals surface area contributed by atoms with Crippen molar-refractivity contribution in [3.8, 4) is 11.3 Å². The Bertz CT molecular complexity index is 491. The molecule has 0 radical (unpaired) electrons. The topological polar surface area (TPSA) is 29.9 Å². The largest absolute Gasteiger partial charge is 0.330 e. The quantitative estimate of drug-likeness (QED) is 0.902. The number of rotatable bonds is 4. The van der Waals surface area contributed by atoms with Crippen LogP contribution in [0.5, 0.6) is 0 Å². The van der Waals surface area contributed by atoms with Gasteiger partial charge in [0.05, 0.1) is 5.69 Å². The standard InChI is InChI=1S/C13H16ClN3/c1-15-9-8-11-16-13(14)12(17(11)2)10-6-4-3-5-7-10/h3-7,15H,8-9H2,1-2H3. The minimum absolute atomic E-state index is 0.574. The summed E-state index contributed by atoms with van der Waals surface area (Å²) in [6.45, 7) is 0.898. The molecule has 17 heavy (non-hydrogen) atoms. The van der Waals surface area contributed by atoms with Crippen LogP contribution in [0.3, 0.4) is 0 Å². The molecule has 0 unspecified atom stereocenters. The maximum atomic E-state index is 6.21. The molecule has 1 aromatic heterocycles. The van der Waals surface area contributed by atoms with Crippen LogP contribution in [0, 0.1) is 0 Å². The van der Waals surface area contributed by atoms with Crippen molar-refractivity contribution in [2.24, 2.45) is 7.05 Å². The molecule has 0 aliphatic rings. The second-order valence-electron chi connectivity index (χ2n) is 3.95. The van der Waals surface area contributed by atoms with Gasteiger partial charge in [0.2, 0.25) is 0 Å². The Morgan fingerprint density at radius 3 is 2.65 bits per heavy atom. The van der Waals surface area contributed by atoms with Crippen LogP contribution in [0.25, 0.3) is 11.3 Å². The predicted molar refractivity (Wildman–Crippen MR) is 71.3 cm³/mol. The molecule has 0 atom stereocenters. The van der Waals surface area contributed by atoms with Gasteiger partial charge in [0.1, 0.15) is 5.82 Å². The van der Waals surface area contributed by atoms with E-state index in [2.05, 4.69) is 14.9 Å². The molecule has 90 valence electrons. The van der Waals surface area contributed by atoms with E-state index in [0.29, 0.717) is 5.15 Å². The molecule has 0 amide bonds. The molecule has 2 aromatic rings. The van der Waals surface area contributed by atoms with Crippen LogP contribution in [0.15, 0.2) is 30.3 Å². The summed E-state index contributed by atoms with van der Waals surface area (Å²) in [5.74, 6) is 1.00. The van der Waals surface area contributed by atoms with Crippen LogP contribution in [-0.4, -0.2) is 23.1 Å². The third-order valence-electron chi connectivity index (χ3n) is 2.79. The number of imidazole rings is 1. The van der Waals surface area contributed by atoms with Crippen molar-refractivity contribution in [2.45, 2.75) is 6.42 Å². The molecule has 1 aromatic carbocycles. The summed E-state index contributed by atoms with van der Waals surface area (Å²) in [4.78, 5) is 4.41. The Labute approximate surface area is 106 Å². The number of halogens is 1. The van der Waals surface area contributed by atoms with Gasteiger partial charge < -0.3 is 9.88 Å². The minimum atomic E-state index is 0.574. The molecule has 0 bridgehead atoms. The zero-order valence-electron chi connectivity index (χ0n) is 10.1. The molecular weight excluding hydrogens is 234 g/mol. The average Bonchev–Trinajstić information content (AvgIpc) is 2.63. The first-order chi connectivity index (χ1) is 8.24. The molecule has 0 saturated carbocycles. The van der Waals surface area contributed by atoms with Gasteiger partial charge in [-0.25, -0.2) is 4.98 Å². The molecule has 2 rings (SSSR count). The number of nitrogens with one attached hydrogen (secondary N) is 1. The molecule has 0 fully saturated rings. The monoisotopic (exact) mass is 249 g/mol. The van der Waals surface area contributed by atoms with Crippen LogP contribution in [-0.2, 0) is 13.5 Å². The summed E-state index contributed by atoms with van der Waals surface area (Å²) in [7, 11) is 3.94. The Balaban J connectivity index is 2.38. The van der Waals surface area contributed by atoms with Gasteiger partial charge in [-0.2, -0.15) is 0 Å². The fourth-order valence-corrected chi connectivity index (χ4v) is 2.21. The van der Waals surface area contributed by atoms with Crippen molar-refractivity contribution in [1.82, 2.24) is 14.9 Å². The number of hydrogen-bond donors (Lipinski definition) is 1. The molecule has 0 aliphatic carbocycles.